The van der Waals surface area contributed by atoms with Gasteiger partial charge in [0.1, 0.15) is 6.04 Å². The lowest BCUT2D eigenvalue weighted by molar-refractivity contribution is -0.126. The third-order valence-electron chi connectivity index (χ3n) is 4.40. The minimum absolute atomic E-state index is 0.0296. The van der Waals surface area contributed by atoms with Crippen LogP contribution in [0.3, 0.4) is 0 Å². The average Bonchev–Trinajstić information content (AvgIpc) is 3.01. The molecule has 0 aliphatic carbocycles. The summed E-state index contributed by atoms with van der Waals surface area (Å²) >= 11 is 0. The summed E-state index contributed by atoms with van der Waals surface area (Å²) in [6.07, 6.45) is 2.71. The molecule has 0 radical (unpaired) electrons. The van der Waals surface area contributed by atoms with Crippen LogP contribution in [0.2, 0.25) is 0 Å². The zero-order chi connectivity index (χ0) is 14.8. The Labute approximate surface area is 124 Å². The summed E-state index contributed by atoms with van der Waals surface area (Å²) in [6, 6.07) is 5.53. The molecule has 21 heavy (non-hydrogen) atoms. The molecule has 1 aromatic rings. The van der Waals surface area contributed by atoms with Gasteiger partial charge in [0.15, 0.2) is 0 Å². The Kier molecular flexibility index (Phi) is 3.92. The molecule has 5 heteroatoms. The van der Waals surface area contributed by atoms with Crippen LogP contribution in [0, 0.1) is 0 Å². The second-order valence-corrected chi connectivity index (χ2v) is 5.71. The van der Waals surface area contributed by atoms with E-state index in [0.717, 1.165) is 32.4 Å². The Bertz CT molecular complexity index is 571. The number of hydrogen-bond acceptors (Lipinski definition) is 3. The lowest BCUT2D eigenvalue weighted by Gasteiger charge is -2.34. The summed E-state index contributed by atoms with van der Waals surface area (Å²) in [5.41, 5.74) is 3.13. The molecule has 5 nitrogen and oxygen atoms in total. The van der Waals surface area contributed by atoms with Gasteiger partial charge in [0.25, 0.3) is 5.91 Å². The summed E-state index contributed by atoms with van der Waals surface area (Å²) in [4.78, 5) is 26.5. The molecule has 2 heterocycles. The van der Waals surface area contributed by atoms with Gasteiger partial charge in [-0.1, -0.05) is 6.07 Å². The Morgan fingerprint density at radius 1 is 1.24 bits per heavy atom. The third-order valence-corrected chi connectivity index (χ3v) is 4.40. The Hall–Kier alpha value is -1.88. The SMILES string of the molecule is CNC(=O)C1CCCCN1C(=O)c1ccc2c(c1)CNC2. The van der Waals surface area contributed by atoms with Crippen molar-refractivity contribution >= 4 is 11.8 Å². The number of nitrogens with zero attached hydrogens (tertiary/aromatic N) is 1. The molecule has 112 valence electrons. The second kappa shape index (κ2) is 5.85. The van der Waals surface area contributed by atoms with Crippen LogP contribution in [-0.2, 0) is 17.9 Å². The van der Waals surface area contributed by atoms with Crippen molar-refractivity contribution in [1.82, 2.24) is 15.5 Å². The van der Waals surface area contributed by atoms with E-state index >= 15 is 0 Å². The highest BCUT2D eigenvalue weighted by Gasteiger charge is 2.32. The maximum absolute atomic E-state index is 12.8. The van der Waals surface area contributed by atoms with E-state index < -0.39 is 0 Å². The number of carbonyl (C=O) groups excluding carboxylic acids is 2. The van der Waals surface area contributed by atoms with Gasteiger partial charge >= 0.3 is 0 Å². The first kappa shape index (κ1) is 14.1. The van der Waals surface area contributed by atoms with Crippen molar-refractivity contribution in [1.29, 1.82) is 0 Å². The van der Waals surface area contributed by atoms with Crippen LogP contribution in [0.15, 0.2) is 18.2 Å². The number of amides is 2. The fraction of sp³-hybridized carbons (Fsp3) is 0.500. The molecule has 1 aromatic carbocycles. The van der Waals surface area contributed by atoms with Crippen molar-refractivity contribution in [2.24, 2.45) is 0 Å². The van der Waals surface area contributed by atoms with E-state index in [-0.39, 0.29) is 17.9 Å². The van der Waals surface area contributed by atoms with Crippen molar-refractivity contribution < 1.29 is 9.59 Å². The number of rotatable bonds is 2. The van der Waals surface area contributed by atoms with Crippen molar-refractivity contribution in [3.05, 3.63) is 34.9 Å². The maximum Gasteiger partial charge on any atom is 0.254 e. The molecule has 1 fully saturated rings. The molecular formula is C16H21N3O2. The van der Waals surface area contributed by atoms with Gasteiger partial charge in [-0.25, -0.2) is 0 Å². The molecule has 2 aliphatic heterocycles. The van der Waals surface area contributed by atoms with Gasteiger partial charge in [0.05, 0.1) is 0 Å². The van der Waals surface area contributed by atoms with Crippen LogP contribution >= 0.6 is 0 Å². The molecule has 3 rings (SSSR count). The summed E-state index contributed by atoms with van der Waals surface area (Å²) < 4.78 is 0. The van der Waals surface area contributed by atoms with Gasteiger partial charge in [-0.05, 0) is 42.5 Å². The van der Waals surface area contributed by atoms with Gasteiger partial charge in [-0.3, -0.25) is 9.59 Å². The Balaban J connectivity index is 1.84. The molecule has 1 unspecified atom stereocenters. The topological polar surface area (TPSA) is 61.4 Å². The van der Waals surface area contributed by atoms with Gasteiger partial charge in [0, 0.05) is 32.2 Å². The van der Waals surface area contributed by atoms with Gasteiger partial charge < -0.3 is 15.5 Å². The first-order valence-electron chi connectivity index (χ1n) is 7.56. The van der Waals surface area contributed by atoms with E-state index in [4.69, 9.17) is 0 Å². The van der Waals surface area contributed by atoms with E-state index in [1.165, 1.54) is 11.1 Å². The Morgan fingerprint density at radius 2 is 2.05 bits per heavy atom. The van der Waals surface area contributed by atoms with E-state index in [1.54, 1.807) is 11.9 Å². The molecule has 1 saturated heterocycles. The lowest BCUT2D eigenvalue weighted by Crippen LogP contribution is -2.51. The van der Waals surface area contributed by atoms with E-state index in [2.05, 4.69) is 10.6 Å². The van der Waals surface area contributed by atoms with Crippen molar-refractivity contribution in [3.63, 3.8) is 0 Å². The minimum atomic E-state index is -0.331. The molecule has 2 aliphatic rings. The van der Waals surface area contributed by atoms with Crippen molar-refractivity contribution in [2.45, 2.75) is 38.4 Å². The molecule has 2 amide bonds. The normalized spacial score (nSPS) is 21.0. The second-order valence-electron chi connectivity index (χ2n) is 5.71. The fourth-order valence-corrected chi connectivity index (χ4v) is 3.21. The van der Waals surface area contributed by atoms with Crippen molar-refractivity contribution in [2.75, 3.05) is 13.6 Å². The largest absolute Gasteiger partial charge is 0.357 e. The molecule has 0 bridgehead atoms. The number of hydrogen-bond donors (Lipinski definition) is 2. The Morgan fingerprint density at radius 3 is 2.86 bits per heavy atom. The average molecular weight is 287 g/mol. The van der Waals surface area contributed by atoms with Crippen LogP contribution in [0.1, 0.15) is 40.7 Å². The number of benzene rings is 1. The first-order valence-corrected chi connectivity index (χ1v) is 7.56. The van der Waals surface area contributed by atoms with Crippen LogP contribution < -0.4 is 10.6 Å². The standard InChI is InChI=1S/C16H21N3O2/c1-17-15(20)14-4-2-3-7-19(14)16(21)11-5-6-12-9-18-10-13(12)8-11/h5-6,8,14,18H,2-4,7,9-10H2,1H3,(H,17,20). The molecule has 0 spiro atoms. The molecular weight excluding hydrogens is 266 g/mol. The highest BCUT2D eigenvalue weighted by atomic mass is 16.2. The van der Waals surface area contributed by atoms with Crippen LogP contribution in [0.25, 0.3) is 0 Å². The molecule has 0 aromatic heterocycles. The highest BCUT2D eigenvalue weighted by Crippen LogP contribution is 2.22. The zero-order valence-electron chi connectivity index (χ0n) is 12.3. The number of fused-ring (bicyclic) bond motifs is 1. The van der Waals surface area contributed by atoms with Gasteiger partial charge in [-0.15, -0.1) is 0 Å². The predicted molar refractivity (Wildman–Crippen MR) is 79.7 cm³/mol. The molecule has 1 atom stereocenters. The minimum Gasteiger partial charge on any atom is -0.357 e. The van der Waals surface area contributed by atoms with Crippen LogP contribution in [0.5, 0.6) is 0 Å². The van der Waals surface area contributed by atoms with Gasteiger partial charge in [0.2, 0.25) is 5.91 Å². The number of piperidine rings is 1. The number of carbonyl (C=O) groups is 2. The number of likely N-dealkylation sites (tertiary alicyclic amines) is 1. The summed E-state index contributed by atoms with van der Waals surface area (Å²) in [5, 5.41) is 5.95. The third kappa shape index (κ3) is 2.65. The summed E-state index contributed by atoms with van der Waals surface area (Å²) in [6.45, 7) is 2.34. The van der Waals surface area contributed by atoms with E-state index in [9.17, 15) is 9.59 Å². The number of likely N-dealkylation sites (N-methyl/N-ethyl adjacent to an activating group) is 1. The lowest BCUT2D eigenvalue weighted by atomic mass is 9.99. The quantitative estimate of drug-likeness (QED) is 0.854. The maximum atomic E-state index is 12.8. The van der Waals surface area contributed by atoms with Gasteiger partial charge in [-0.2, -0.15) is 0 Å². The fourth-order valence-electron chi connectivity index (χ4n) is 3.21. The summed E-state index contributed by atoms with van der Waals surface area (Å²) in [7, 11) is 1.63. The van der Waals surface area contributed by atoms with Crippen molar-refractivity contribution in [3.8, 4) is 0 Å². The summed E-state index contributed by atoms with van der Waals surface area (Å²) in [5.74, 6) is -0.0936. The smallest absolute Gasteiger partial charge is 0.254 e. The zero-order valence-corrected chi connectivity index (χ0v) is 12.3. The van der Waals surface area contributed by atoms with Crippen LogP contribution in [-0.4, -0.2) is 36.3 Å². The predicted octanol–water partition coefficient (Wildman–Crippen LogP) is 1.03. The highest BCUT2D eigenvalue weighted by molar-refractivity contribution is 5.98. The van der Waals surface area contributed by atoms with Crippen LogP contribution in [0.4, 0.5) is 0 Å². The first-order chi connectivity index (χ1) is 10.2. The van der Waals surface area contributed by atoms with E-state index in [0.29, 0.717) is 12.1 Å². The molecule has 2 N–H and O–H groups in total. The number of nitrogens with one attached hydrogen (secondary N) is 2. The molecule has 0 saturated carbocycles. The van der Waals surface area contributed by atoms with E-state index in [1.807, 2.05) is 18.2 Å². The monoisotopic (exact) mass is 287 g/mol.